The Hall–Kier alpha value is -1.73. The van der Waals surface area contributed by atoms with Crippen molar-refractivity contribution in [2.75, 3.05) is 51.9 Å². The zero-order valence-corrected chi connectivity index (χ0v) is 12.6. The monoisotopic (exact) mass is 294 g/mol. The molecule has 1 aromatic heterocycles. The zero-order valence-electron chi connectivity index (χ0n) is 12.6. The Morgan fingerprint density at radius 1 is 1.43 bits per heavy atom. The summed E-state index contributed by atoms with van der Waals surface area (Å²) in [5, 5.41) is 3.19. The van der Waals surface area contributed by atoms with Gasteiger partial charge in [-0.2, -0.15) is 0 Å². The Kier molecular flexibility index (Phi) is 5.89. The molecule has 1 amide bonds. The van der Waals surface area contributed by atoms with Gasteiger partial charge in [-0.15, -0.1) is 0 Å². The lowest BCUT2D eigenvalue weighted by Gasteiger charge is -2.26. The summed E-state index contributed by atoms with van der Waals surface area (Å²) in [4.78, 5) is 22.7. The van der Waals surface area contributed by atoms with E-state index >= 15 is 0 Å². The normalized spacial score (nSPS) is 15.0. The van der Waals surface area contributed by atoms with Gasteiger partial charge in [-0.05, 0) is 13.3 Å². The molecule has 1 fully saturated rings. The van der Waals surface area contributed by atoms with E-state index in [0.29, 0.717) is 50.2 Å². The highest BCUT2D eigenvalue weighted by molar-refractivity contribution is 5.93. The minimum atomic E-state index is -0.0660. The molecule has 0 aliphatic carbocycles. The van der Waals surface area contributed by atoms with Crippen LogP contribution >= 0.6 is 0 Å². The highest BCUT2D eigenvalue weighted by Gasteiger charge is 2.20. The molecule has 0 saturated carbocycles. The lowest BCUT2D eigenvalue weighted by molar-refractivity contribution is 0.0299. The van der Waals surface area contributed by atoms with Crippen LogP contribution in [0, 0.1) is 6.92 Å². The van der Waals surface area contributed by atoms with Crippen LogP contribution in [-0.4, -0.2) is 67.3 Å². The Labute approximate surface area is 124 Å². The number of amides is 1. The van der Waals surface area contributed by atoms with E-state index in [-0.39, 0.29) is 5.91 Å². The van der Waals surface area contributed by atoms with Crippen LogP contribution in [0.15, 0.2) is 6.07 Å². The van der Waals surface area contributed by atoms with E-state index in [0.717, 1.165) is 13.0 Å². The molecule has 1 saturated heterocycles. The molecular weight excluding hydrogens is 272 g/mol. The van der Waals surface area contributed by atoms with Crippen LogP contribution in [0.1, 0.15) is 22.7 Å². The maximum absolute atomic E-state index is 12.4. The smallest absolute Gasteiger partial charge is 0.272 e. The van der Waals surface area contributed by atoms with Crippen molar-refractivity contribution < 1.29 is 14.3 Å². The van der Waals surface area contributed by atoms with Gasteiger partial charge in [0.2, 0.25) is 0 Å². The summed E-state index contributed by atoms with van der Waals surface area (Å²) < 4.78 is 10.3. The fraction of sp³-hybridized carbons (Fsp3) is 0.643. The third-order valence-electron chi connectivity index (χ3n) is 3.19. The second-order valence-corrected chi connectivity index (χ2v) is 4.86. The molecule has 2 heterocycles. The molecule has 0 spiro atoms. The van der Waals surface area contributed by atoms with Crippen molar-refractivity contribution in [1.82, 2.24) is 14.9 Å². The summed E-state index contributed by atoms with van der Waals surface area (Å²) in [6.07, 6.45) is 0.881. The highest BCUT2D eigenvalue weighted by atomic mass is 16.5. The quantitative estimate of drug-likeness (QED) is 0.779. The lowest BCUT2D eigenvalue weighted by Crippen LogP contribution is -2.41. The molecule has 0 aromatic carbocycles. The topological polar surface area (TPSA) is 76.6 Å². The predicted molar refractivity (Wildman–Crippen MR) is 78.5 cm³/mol. The third kappa shape index (κ3) is 4.64. The molecule has 1 N–H and O–H groups in total. The number of morpholine rings is 1. The number of aromatic nitrogens is 2. The van der Waals surface area contributed by atoms with E-state index in [1.165, 1.54) is 0 Å². The van der Waals surface area contributed by atoms with Gasteiger partial charge in [-0.25, -0.2) is 9.97 Å². The molecule has 116 valence electrons. The summed E-state index contributed by atoms with van der Waals surface area (Å²) in [7, 11) is 1.67. The average Bonchev–Trinajstić information content (AvgIpc) is 2.51. The molecule has 21 heavy (non-hydrogen) atoms. The van der Waals surface area contributed by atoms with Crippen molar-refractivity contribution >= 4 is 11.7 Å². The number of ether oxygens (including phenoxy) is 2. The average molecular weight is 294 g/mol. The molecule has 1 aliphatic rings. The summed E-state index contributed by atoms with van der Waals surface area (Å²) in [5.74, 6) is 1.20. The zero-order chi connectivity index (χ0) is 15.1. The fourth-order valence-electron chi connectivity index (χ4n) is 2.13. The third-order valence-corrected chi connectivity index (χ3v) is 3.19. The van der Waals surface area contributed by atoms with Gasteiger partial charge < -0.3 is 19.7 Å². The number of hydrogen-bond donors (Lipinski definition) is 1. The maximum Gasteiger partial charge on any atom is 0.272 e. The van der Waals surface area contributed by atoms with Gasteiger partial charge in [-0.3, -0.25) is 4.79 Å². The molecule has 0 unspecified atom stereocenters. The number of rotatable bonds is 6. The summed E-state index contributed by atoms with van der Waals surface area (Å²) in [6, 6.07) is 1.71. The molecular formula is C14H22N4O3. The van der Waals surface area contributed by atoms with E-state index < -0.39 is 0 Å². The Morgan fingerprint density at radius 2 is 2.19 bits per heavy atom. The van der Waals surface area contributed by atoms with Crippen molar-refractivity contribution in [3.05, 3.63) is 17.6 Å². The summed E-state index contributed by atoms with van der Waals surface area (Å²) in [6.45, 7) is 5.61. The van der Waals surface area contributed by atoms with Crippen LogP contribution in [-0.2, 0) is 9.47 Å². The minimum Gasteiger partial charge on any atom is -0.385 e. The van der Waals surface area contributed by atoms with Crippen molar-refractivity contribution in [3.63, 3.8) is 0 Å². The van der Waals surface area contributed by atoms with Gasteiger partial charge in [0.25, 0.3) is 5.91 Å². The van der Waals surface area contributed by atoms with Crippen molar-refractivity contribution in [1.29, 1.82) is 0 Å². The molecule has 7 heteroatoms. The molecule has 2 rings (SSSR count). The first-order valence-corrected chi connectivity index (χ1v) is 7.16. The molecule has 0 bridgehead atoms. The van der Waals surface area contributed by atoms with Crippen LogP contribution in [0.3, 0.4) is 0 Å². The van der Waals surface area contributed by atoms with Gasteiger partial charge in [0.1, 0.15) is 17.3 Å². The summed E-state index contributed by atoms with van der Waals surface area (Å²) in [5.41, 5.74) is 0.429. The van der Waals surface area contributed by atoms with Crippen LogP contribution in [0.25, 0.3) is 0 Å². The Balaban J connectivity index is 2.01. The molecule has 1 aliphatic heterocycles. The number of anilines is 1. The van der Waals surface area contributed by atoms with E-state index in [4.69, 9.17) is 9.47 Å². The SMILES string of the molecule is COCCCNc1cc(C(=O)N2CCOCC2)nc(C)n1. The maximum atomic E-state index is 12.4. The standard InChI is InChI=1S/C14H22N4O3/c1-11-16-12(14(19)18-5-8-21-9-6-18)10-13(17-11)15-4-3-7-20-2/h10H,3-9H2,1-2H3,(H,15,16,17). The van der Waals surface area contributed by atoms with Crippen LogP contribution in [0.5, 0.6) is 0 Å². The van der Waals surface area contributed by atoms with Gasteiger partial charge in [0.15, 0.2) is 0 Å². The van der Waals surface area contributed by atoms with Crippen LogP contribution in [0.2, 0.25) is 0 Å². The second-order valence-electron chi connectivity index (χ2n) is 4.86. The van der Waals surface area contributed by atoms with E-state index in [1.807, 2.05) is 0 Å². The van der Waals surface area contributed by atoms with Crippen LogP contribution in [0.4, 0.5) is 5.82 Å². The number of carbonyl (C=O) groups excluding carboxylic acids is 1. The Morgan fingerprint density at radius 3 is 2.90 bits per heavy atom. The number of hydrogen-bond acceptors (Lipinski definition) is 6. The van der Waals surface area contributed by atoms with Crippen LogP contribution < -0.4 is 5.32 Å². The van der Waals surface area contributed by atoms with E-state index in [2.05, 4.69) is 15.3 Å². The van der Waals surface area contributed by atoms with Gasteiger partial charge in [0, 0.05) is 39.4 Å². The molecule has 0 radical (unpaired) electrons. The van der Waals surface area contributed by atoms with Gasteiger partial charge in [-0.1, -0.05) is 0 Å². The predicted octanol–water partition coefficient (Wildman–Crippen LogP) is 0.706. The van der Waals surface area contributed by atoms with Crippen molar-refractivity contribution in [2.45, 2.75) is 13.3 Å². The van der Waals surface area contributed by atoms with E-state index in [9.17, 15) is 4.79 Å². The fourth-order valence-corrected chi connectivity index (χ4v) is 2.13. The number of methoxy groups -OCH3 is 1. The van der Waals surface area contributed by atoms with E-state index in [1.54, 1.807) is 25.0 Å². The molecule has 0 atom stereocenters. The van der Waals surface area contributed by atoms with Crippen molar-refractivity contribution in [2.24, 2.45) is 0 Å². The largest absolute Gasteiger partial charge is 0.385 e. The first kappa shape index (κ1) is 15.7. The Bertz CT molecular complexity index is 475. The molecule has 1 aromatic rings. The number of nitrogens with one attached hydrogen (secondary N) is 1. The lowest BCUT2D eigenvalue weighted by atomic mass is 10.3. The number of aryl methyl sites for hydroxylation is 1. The van der Waals surface area contributed by atoms with Crippen molar-refractivity contribution in [3.8, 4) is 0 Å². The number of nitrogens with zero attached hydrogens (tertiary/aromatic N) is 3. The first-order valence-electron chi connectivity index (χ1n) is 7.16. The first-order chi connectivity index (χ1) is 10.2. The highest BCUT2D eigenvalue weighted by Crippen LogP contribution is 2.10. The number of carbonyl (C=O) groups is 1. The summed E-state index contributed by atoms with van der Waals surface area (Å²) >= 11 is 0. The van der Waals surface area contributed by atoms with Gasteiger partial charge >= 0.3 is 0 Å². The van der Waals surface area contributed by atoms with Gasteiger partial charge in [0.05, 0.1) is 13.2 Å². The molecule has 7 nitrogen and oxygen atoms in total. The minimum absolute atomic E-state index is 0.0660. The second kappa shape index (κ2) is 7.90.